The largest absolute Gasteiger partial charge is 0.493 e. The zero-order valence-corrected chi connectivity index (χ0v) is 17.0. The minimum Gasteiger partial charge on any atom is -0.493 e. The van der Waals surface area contributed by atoms with E-state index in [2.05, 4.69) is 0 Å². The maximum absolute atomic E-state index is 13.0. The molecule has 0 aliphatic carbocycles. The van der Waals surface area contributed by atoms with Gasteiger partial charge in [0.2, 0.25) is 0 Å². The van der Waals surface area contributed by atoms with Crippen LogP contribution >= 0.6 is 0 Å². The summed E-state index contributed by atoms with van der Waals surface area (Å²) in [6.07, 6.45) is 2.34. The molecule has 0 saturated carbocycles. The van der Waals surface area contributed by atoms with Crippen molar-refractivity contribution in [1.82, 2.24) is 4.90 Å². The zero-order valence-electron chi connectivity index (χ0n) is 17.0. The SMILES string of the molecule is CCOc1ccc(/C=C2\C(=O)N(CCCOC)C(C)=C2C(=O)OC)cc1OC. The molecule has 0 saturated heterocycles. The standard InChI is InChI=1S/C21H27NO6/c1-6-28-17-9-8-15(13-18(17)26-4)12-16-19(21(24)27-5)14(2)22(20(16)23)10-7-11-25-3/h8-9,12-13H,6-7,10-11H2,1-5H3/b16-12-. The van der Waals surface area contributed by atoms with Gasteiger partial charge in [0.25, 0.3) is 5.91 Å². The Morgan fingerprint density at radius 2 is 1.93 bits per heavy atom. The van der Waals surface area contributed by atoms with Gasteiger partial charge in [-0.25, -0.2) is 4.79 Å². The van der Waals surface area contributed by atoms with Crippen LogP contribution in [-0.4, -0.2) is 57.9 Å². The fourth-order valence-corrected chi connectivity index (χ4v) is 3.08. The summed E-state index contributed by atoms with van der Waals surface area (Å²) in [7, 11) is 4.47. The van der Waals surface area contributed by atoms with Crippen molar-refractivity contribution in [2.24, 2.45) is 0 Å². The first kappa shape index (κ1) is 21.5. The minimum absolute atomic E-state index is 0.234. The summed E-state index contributed by atoms with van der Waals surface area (Å²) in [4.78, 5) is 26.9. The summed E-state index contributed by atoms with van der Waals surface area (Å²) in [5.74, 6) is 0.399. The molecule has 1 aliphatic heterocycles. The smallest absolute Gasteiger partial charge is 0.340 e. The monoisotopic (exact) mass is 389 g/mol. The first-order chi connectivity index (χ1) is 13.5. The van der Waals surface area contributed by atoms with Crippen LogP contribution in [0.2, 0.25) is 0 Å². The zero-order chi connectivity index (χ0) is 20.7. The van der Waals surface area contributed by atoms with E-state index in [9.17, 15) is 9.59 Å². The van der Waals surface area contributed by atoms with Gasteiger partial charge < -0.3 is 23.8 Å². The Morgan fingerprint density at radius 3 is 2.54 bits per heavy atom. The molecule has 0 fully saturated rings. The molecule has 0 aromatic heterocycles. The van der Waals surface area contributed by atoms with Crippen molar-refractivity contribution in [2.75, 3.05) is 41.1 Å². The van der Waals surface area contributed by atoms with Crippen LogP contribution in [0.1, 0.15) is 25.8 Å². The topological polar surface area (TPSA) is 74.3 Å². The Bertz CT molecular complexity index is 796. The van der Waals surface area contributed by atoms with Gasteiger partial charge in [0, 0.05) is 26.0 Å². The van der Waals surface area contributed by atoms with E-state index in [1.165, 1.54) is 7.11 Å². The lowest BCUT2D eigenvalue weighted by Gasteiger charge is -2.17. The molecule has 7 heteroatoms. The van der Waals surface area contributed by atoms with Crippen molar-refractivity contribution in [3.63, 3.8) is 0 Å². The van der Waals surface area contributed by atoms with Crippen LogP contribution in [0.25, 0.3) is 6.08 Å². The highest BCUT2D eigenvalue weighted by molar-refractivity contribution is 6.16. The molecule has 1 amide bonds. The van der Waals surface area contributed by atoms with Crippen LogP contribution in [0.3, 0.4) is 0 Å². The third-order valence-corrected chi connectivity index (χ3v) is 4.43. The van der Waals surface area contributed by atoms with Crippen molar-refractivity contribution >= 4 is 18.0 Å². The van der Waals surface area contributed by atoms with E-state index >= 15 is 0 Å². The number of methoxy groups -OCH3 is 3. The molecule has 0 bridgehead atoms. The Morgan fingerprint density at radius 1 is 1.18 bits per heavy atom. The molecule has 0 atom stereocenters. The number of carbonyl (C=O) groups excluding carboxylic acids is 2. The number of nitrogens with zero attached hydrogens (tertiary/aromatic N) is 1. The van der Waals surface area contributed by atoms with E-state index in [-0.39, 0.29) is 11.5 Å². The Balaban J connectivity index is 2.43. The molecule has 1 aromatic rings. The average molecular weight is 389 g/mol. The second-order valence-electron chi connectivity index (χ2n) is 6.16. The van der Waals surface area contributed by atoms with Gasteiger partial charge in [-0.1, -0.05) is 6.07 Å². The van der Waals surface area contributed by atoms with Gasteiger partial charge in [0.15, 0.2) is 11.5 Å². The summed E-state index contributed by atoms with van der Waals surface area (Å²) < 4.78 is 20.9. The lowest BCUT2D eigenvalue weighted by molar-refractivity contribution is -0.136. The maximum atomic E-state index is 13.0. The van der Waals surface area contributed by atoms with E-state index in [4.69, 9.17) is 18.9 Å². The summed E-state index contributed by atoms with van der Waals surface area (Å²) in [6, 6.07) is 5.35. The number of amides is 1. The van der Waals surface area contributed by atoms with E-state index in [0.29, 0.717) is 48.9 Å². The molecule has 0 N–H and O–H groups in total. The number of benzene rings is 1. The molecule has 1 aromatic carbocycles. The minimum atomic E-state index is -0.538. The summed E-state index contributed by atoms with van der Waals surface area (Å²) in [5.41, 5.74) is 1.87. The molecule has 28 heavy (non-hydrogen) atoms. The number of carbonyl (C=O) groups is 2. The van der Waals surface area contributed by atoms with E-state index < -0.39 is 5.97 Å². The van der Waals surface area contributed by atoms with Crippen LogP contribution in [0, 0.1) is 0 Å². The Kier molecular flexibility index (Phi) is 7.63. The first-order valence-electron chi connectivity index (χ1n) is 9.11. The fourth-order valence-electron chi connectivity index (χ4n) is 3.08. The molecule has 2 rings (SSSR count). The number of esters is 1. The van der Waals surface area contributed by atoms with Crippen molar-refractivity contribution in [1.29, 1.82) is 0 Å². The quantitative estimate of drug-likeness (QED) is 0.367. The number of rotatable bonds is 9. The second kappa shape index (κ2) is 9.94. The van der Waals surface area contributed by atoms with Gasteiger partial charge in [-0.05, 0) is 44.0 Å². The second-order valence-corrected chi connectivity index (χ2v) is 6.16. The normalized spacial score (nSPS) is 15.4. The Hall–Kier alpha value is -2.80. The lowest BCUT2D eigenvalue weighted by Crippen LogP contribution is -2.26. The van der Waals surface area contributed by atoms with E-state index in [1.807, 2.05) is 13.0 Å². The van der Waals surface area contributed by atoms with Gasteiger partial charge in [0.05, 0.1) is 32.0 Å². The summed E-state index contributed by atoms with van der Waals surface area (Å²) in [6.45, 7) is 5.14. The fraction of sp³-hybridized carbons (Fsp3) is 0.429. The van der Waals surface area contributed by atoms with Gasteiger partial charge in [0.1, 0.15) is 0 Å². The van der Waals surface area contributed by atoms with Crippen LogP contribution in [0.5, 0.6) is 11.5 Å². The van der Waals surface area contributed by atoms with E-state index in [0.717, 1.165) is 5.56 Å². The molecule has 1 heterocycles. The highest BCUT2D eigenvalue weighted by atomic mass is 16.5. The predicted octanol–water partition coefficient (Wildman–Crippen LogP) is 2.80. The van der Waals surface area contributed by atoms with Crippen LogP contribution in [0.4, 0.5) is 0 Å². The number of allylic oxidation sites excluding steroid dienone is 1. The third-order valence-electron chi connectivity index (χ3n) is 4.43. The molecule has 0 unspecified atom stereocenters. The molecule has 0 spiro atoms. The number of hydrogen-bond donors (Lipinski definition) is 0. The van der Waals surface area contributed by atoms with Crippen molar-refractivity contribution in [2.45, 2.75) is 20.3 Å². The van der Waals surface area contributed by atoms with Crippen molar-refractivity contribution in [3.05, 3.63) is 40.6 Å². The van der Waals surface area contributed by atoms with Gasteiger partial charge in [-0.2, -0.15) is 0 Å². The average Bonchev–Trinajstić information content (AvgIpc) is 2.93. The molecular formula is C21H27NO6. The van der Waals surface area contributed by atoms with Crippen molar-refractivity contribution < 1.29 is 28.5 Å². The van der Waals surface area contributed by atoms with Crippen LogP contribution < -0.4 is 9.47 Å². The van der Waals surface area contributed by atoms with Crippen LogP contribution in [0.15, 0.2) is 35.0 Å². The molecule has 1 aliphatic rings. The highest BCUT2D eigenvalue weighted by Gasteiger charge is 2.36. The predicted molar refractivity (Wildman–Crippen MR) is 105 cm³/mol. The Labute approximate surface area is 165 Å². The summed E-state index contributed by atoms with van der Waals surface area (Å²) in [5, 5.41) is 0. The van der Waals surface area contributed by atoms with E-state index in [1.54, 1.807) is 44.3 Å². The van der Waals surface area contributed by atoms with Crippen molar-refractivity contribution in [3.8, 4) is 11.5 Å². The molecular weight excluding hydrogens is 362 g/mol. The first-order valence-corrected chi connectivity index (χ1v) is 9.11. The highest BCUT2D eigenvalue weighted by Crippen LogP contribution is 2.34. The van der Waals surface area contributed by atoms with Crippen LogP contribution in [-0.2, 0) is 19.1 Å². The number of ether oxygens (including phenoxy) is 4. The van der Waals surface area contributed by atoms with Gasteiger partial charge in [-0.3, -0.25) is 4.79 Å². The summed E-state index contributed by atoms with van der Waals surface area (Å²) >= 11 is 0. The third kappa shape index (κ3) is 4.54. The number of hydrogen-bond acceptors (Lipinski definition) is 6. The maximum Gasteiger partial charge on any atom is 0.340 e. The van der Waals surface area contributed by atoms with Gasteiger partial charge >= 0.3 is 5.97 Å². The molecule has 0 radical (unpaired) electrons. The lowest BCUT2D eigenvalue weighted by atomic mass is 10.0. The molecule has 152 valence electrons. The molecule has 7 nitrogen and oxygen atoms in total. The van der Waals surface area contributed by atoms with Gasteiger partial charge in [-0.15, -0.1) is 0 Å².